The van der Waals surface area contributed by atoms with E-state index in [9.17, 15) is 26.6 Å². The molecule has 0 aliphatic carbocycles. The minimum absolute atomic E-state index is 0. The van der Waals surface area contributed by atoms with Crippen molar-refractivity contribution in [2.75, 3.05) is 0 Å². The maximum atomic E-state index is 12.6. The van der Waals surface area contributed by atoms with E-state index in [0.29, 0.717) is 33.4 Å². The summed E-state index contributed by atoms with van der Waals surface area (Å²) in [6.07, 6.45) is 0. The Morgan fingerprint density at radius 1 is 0.469 bits per heavy atom. The minimum atomic E-state index is -4.76. The SMILES string of the molecule is O=S(=O)(O)c1cccc2c3nc4nc(nc5[n-]c(nc6nc(nc([n-]3)c12)-c1cccc(S(O)(O)O)c1-6)c1ccccc51)-c1ccccc1-4.[Cu]. The third-order valence-corrected chi connectivity index (χ3v) is 9.89. The molecule has 49 heavy (non-hydrogen) atoms. The Balaban J connectivity index is 0.00000348. The predicted octanol–water partition coefficient (Wildman–Crippen LogP) is 5.95. The molecule has 4 aromatic carbocycles. The number of fused-ring (bicyclic) bond motifs is 20. The molecule has 0 unspecified atom stereocenters. The van der Waals surface area contributed by atoms with E-state index in [0.717, 1.165) is 0 Å². The first kappa shape index (κ1) is 31.2. The van der Waals surface area contributed by atoms with Gasteiger partial charge in [0.15, 0.2) is 0 Å². The van der Waals surface area contributed by atoms with Crippen molar-refractivity contribution >= 4 is 65.1 Å². The molecule has 8 bridgehead atoms. The van der Waals surface area contributed by atoms with Gasteiger partial charge < -0.3 is 43.6 Å². The van der Waals surface area contributed by atoms with Crippen molar-refractivity contribution in [3.63, 3.8) is 0 Å². The van der Waals surface area contributed by atoms with Gasteiger partial charge in [0, 0.05) is 67.3 Å². The van der Waals surface area contributed by atoms with Gasteiger partial charge in [-0.05, 0) is 28.3 Å². The van der Waals surface area contributed by atoms with Gasteiger partial charge in [-0.25, -0.2) is 9.97 Å². The van der Waals surface area contributed by atoms with Crippen LogP contribution in [0, 0.1) is 0 Å². The summed E-state index contributed by atoms with van der Waals surface area (Å²) in [5, 5.41) is 1.53. The summed E-state index contributed by atoms with van der Waals surface area (Å²) in [7, 11) is -9.04. The predicted molar refractivity (Wildman–Crippen MR) is 178 cm³/mol. The topological polar surface area (TPSA) is 221 Å². The second-order valence-corrected chi connectivity index (χ2v) is 13.8. The Morgan fingerprint density at radius 3 is 1.55 bits per heavy atom. The van der Waals surface area contributed by atoms with Gasteiger partial charge in [0.2, 0.25) is 0 Å². The Morgan fingerprint density at radius 2 is 0.918 bits per heavy atom. The molecule has 1 radical (unpaired) electrons. The van der Waals surface area contributed by atoms with Gasteiger partial charge >= 0.3 is 0 Å². The number of benzene rings is 4. The van der Waals surface area contributed by atoms with Crippen molar-refractivity contribution in [1.82, 2.24) is 39.9 Å². The summed E-state index contributed by atoms with van der Waals surface area (Å²) in [4.78, 5) is 36.9. The molecule has 14 nitrogen and oxygen atoms in total. The number of hydrogen-bond donors (Lipinski definition) is 4. The Bertz CT molecular complexity index is 2840. The average Bonchev–Trinajstić information content (AvgIpc) is 3.79. The molecule has 0 saturated carbocycles. The molecule has 247 valence electrons. The van der Waals surface area contributed by atoms with Crippen LogP contribution in [0.15, 0.2) is 94.7 Å². The molecule has 3 aromatic heterocycles. The van der Waals surface area contributed by atoms with E-state index in [-0.39, 0.29) is 78.3 Å². The summed E-state index contributed by atoms with van der Waals surface area (Å²) < 4.78 is 66.6. The van der Waals surface area contributed by atoms with Gasteiger partial charge in [-0.2, -0.15) is 8.42 Å². The molecule has 2 aliphatic heterocycles. The molecule has 17 heteroatoms. The summed E-state index contributed by atoms with van der Waals surface area (Å²) >= 11 is 0. The maximum Gasteiger partial charge on any atom is 0.295 e. The van der Waals surface area contributed by atoms with E-state index in [1.807, 2.05) is 42.5 Å². The van der Waals surface area contributed by atoms with E-state index in [1.165, 1.54) is 24.3 Å². The van der Waals surface area contributed by atoms with Crippen LogP contribution in [-0.2, 0) is 27.2 Å². The molecule has 0 spiro atoms. The molecule has 0 atom stereocenters. The van der Waals surface area contributed by atoms with Crippen molar-refractivity contribution < 1.29 is 43.7 Å². The second kappa shape index (κ2) is 11.0. The summed E-state index contributed by atoms with van der Waals surface area (Å²) in [6, 6.07) is 23.3. The fraction of sp³-hybridized carbons (Fsp3) is 0. The minimum Gasteiger partial charge on any atom is -0.357 e. The first-order valence-corrected chi connectivity index (χ1v) is 17.1. The number of hydrogen-bond acceptors (Lipinski definition) is 11. The van der Waals surface area contributed by atoms with Gasteiger partial charge in [0.1, 0.15) is 15.8 Å². The van der Waals surface area contributed by atoms with Gasteiger partial charge in [-0.1, -0.05) is 72.8 Å². The standard InChI is InChI=1S/C32H18N8O6S2.Cu/c41-47(42,43)21-13-5-11-19-23(21)32-38-29(19)36-27-16-8-2-1-7-15(16)25(34-27)33-26-17-9-3-4-10-18(17)28(35-26)37-31-24-20(30(39-31)40-32)12-6-14-22(24)48(44,45)46;/h1-14H,(H4-2,33,34,35,36,37,38,39,40,41,42,43,44,45,46);/q-2;. The molecule has 0 saturated heterocycles. The molecule has 2 aliphatic rings. The van der Waals surface area contributed by atoms with E-state index < -0.39 is 25.9 Å². The monoisotopic (exact) mass is 737 g/mol. The van der Waals surface area contributed by atoms with Crippen LogP contribution < -0.4 is 9.97 Å². The Kier molecular flexibility index (Phi) is 6.97. The zero-order valence-electron chi connectivity index (χ0n) is 24.4. The molecule has 4 N–H and O–H groups in total. The van der Waals surface area contributed by atoms with Crippen LogP contribution in [0.4, 0.5) is 0 Å². The van der Waals surface area contributed by atoms with E-state index in [4.69, 9.17) is 24.9 Å². The summed E-state index contributed by atoms with van der Waals surface area (Å²) in [6.45, 7) is 0. The van der Waals surface area contributed by atoms with Crippen molar-refractivity contribution in [1.29, 1.82) is 0 Å². The molecular weight excluding hydrogens is 720 g/mol. The van der Waals surface area contributed by atoms with Gasteiger partial charge in [0.25, 0.3) is 10.1 Å². The smallest absolute Gasteiger partial charge is 0.295 e. The van der Waals surface area contributed by atoms with Crippen LogP contribution in [0.3, 0.4) is 0 Å². The van der Waals surface area contributed by atoms with Crippen molar-refractivity contribution in [3.05, 3.63) is 84.9 Å². The van der Waals surface area contributed by atoms with Crippen LogP contribution >= 0.6 is 10.9 Å². The summed E-state index contributed by atoms with van der Waals surface area (Å²) in [5.74, 6) is 0.501. The van der Waals surface area contributed by atoms with Crippen LogP contribution in [0.25, 0.3) is 89.7 Å². The zero-order chi connectivity index (χ0) is 32.9. The quantitative estimate of drug-likeness (QED) is 0.119. The van der Waals surface area contributed by atoms with E-state index in [1.54, 1.807) is 18.2 Å². The van der Waals surface area contributed by atoms with E-state index in [2.05, 4.69) is 15.0 Å². The van der Waals surface area contributed by atoms with Crippen LogP contribution in [0.2, 0.25) is 0 Å². The third-order valence-electron chi connectivity index (χ3n) is 8.07. The number of aromatic nitrogens is 8. The molecule has 0 fully saturated rings. The summed E-state index contributed by atoms with van der Waals surface area (Å²) in [5.41, 5.74) is 2.12. The maximum absolute atomic E-state index is 12.6. The first-order valence-electron chi connectivity index (χ1n) is 14.2. The van der Waals surface area contributed by atoms with Crippen molar-refractivity contribution in [2.24, 2.45) is 0 Å². The van der Waals surface area contributed by atoms with Gasteiger partial charge in [0.05, 0.1) is 28.2 Å². The first-order chi connectivity index (χ1) is 23.0. The fourth-order valence-electron chi connectivity index (χ4n) is 6.03. The molecule has 7 aromatic rings. The van der Waals surface area contributed by atoms with Crippen LogP contribution in [0.1, 0.15) is 0 Å². The number of nitrogens with zero attached hydrogens (tertiary/aromatic N) is 8. The average molecular weight is 738 g/mol. The van der Waals surface area contributed by atoms with Crippen LogP contribution in [-0.4, -0.2) is 56.5 Å². The normalized spacial score (nSPS) is 12.8. The van der Waals surface area contributed by atoms with Crippen molar-refractivity contribution in [2.45, 2.75) is 9.79 Å². The number of rotatable bonds is 2. The molecule has 9 rings (SSSR count). The largest absolute Gasteiger partial charge is 0.357 e. The van der Waals surface area contributed by atoms with Gasteiger partial charge in [-0.15, -0.1) is 0 Å². The van der Waals surface area contributed by atoms with E-state index >= 15 is 0 Å². The second-order valence-electron chi connectivity index (χ2n) is 10.9. The van der Waals surface area contributed by atoms with Gasteiger partial charge in [-0.3, -0.25) is 4.55 Å². The zero-order valence-corrected chi connectivity index (χ0v) is 27.0. The fourth-order valence-corrected chi connectivity index (χ4v) is 7.48. The molecular formula is C32H18CuN8O6S2-2. The Hall–Kier alpha value is -5.10. The Labute approximate surface area is 287 Å². The van der Waals surface area contributed by atoms with Crippen molar-refractivity contribution in [3.8, 4) is 45.6 Å². The molecule has 5 heterocycles. The third kappa shape index (κ3) is 4.91. The van der Waals surface area contributed by atoms with Crippen LogP contribution in [0.5, 0.6) is 0 Å². The molecule has 0 amide bonds.